The van der Waals surface area contributed by atoms with Crippen molar-refractivity contribution in [2.24, 2.45) is 5.92 Å². The maximum absolute atomic E-state index is 10.8. The molecular weight excluding hydrogens is 136 g/mol. The van der Waals surface area contributed by atoms with Crippen LogP contribution in [0.25, 0.3) is 0 Å². The molecule has 0 saturated carbocycles. The van der Waals surface area contributed by atoms with Crippen molar-refractivity contribution in [3.8, 4) is 0 Å². The Balaban J connectivity index is 2.46. The summed E-state index contributed by atoms with van der Waals surface area (Å²) in [7, 11) is 0. The van der Waals surface area contributed by atoms with Crippen LogP contribution in [0.1, 0.15) is 13.3 Å². The zero-order valence-corrected chi connectivity index (χ0v) is 5.74. The van der Waals surface area contributed by atoms with Gasteiger partial charge in [0.15, 0.2) is 0 Å². The Kier molecular flexibility index (Phi) is 2.24. The van der Waals surface area contributed by atoms with Gasteiger partial charge in [-0.15, -0.1) is 0 Å². The highest BCUT2D eigenvalue weighted by molar-refractivity contribution is 5.74. The smallest absolute Gasteiger partial charge is 0.311 e. The second-order valence-corrected chi connectivity index (χ2v) is 2.37. The molecule has 0 radical (unpaired) electrons. The lowest BCUT2D eigenvalue weighted by molar-refractivity contribution is -0.282. The normalized spacial score (nSPS) is 28.2. The van der Waals surface area contributed by atoms with E-state index in [0.717, 1.165) is 0 Å². The molecule has 0 aliphatic carbocycles. The van der Waals surface area contributed by atoms with E-state index in [1.807, 2.05) is 0 Å². The van der Waals surface area contributed by atoms with E-state index < -0.39 is 6.10 Å². The third-order valence-electron chi connectivity index (χ3n) is 1.71. The van der Waals surface area contributed by atoms with Crippen LogP contribution >= 0.6 is 0 Å². The van der Waals surface area contributed by atoms with Gasteiger partial charge in [-0.25, -0.2) is 4.89 Å². The molecule has 0 spiro atoms. The first kappa shape index (κ1) is 7.50. The molecule has 4 heteroatoms. The molecule has 2 atom stereocenters. The fourth-order valence-corrected chi connectivity index (χ4v) is 1.01. The van der Waals surface area contributed by atoms with Gasteiger partial charge in [-0.05, 0) is 13.3 Å². The molecule has 58 valence electrons. The van der Waals surface area contributed by atoms with Gasteiger partial charge in [-0.2, -0.15) is 0 Å². The van der Waals surface area contributed by atoms with Crippen LogP contribution in [0.5, 0.6) is 0 Å². The predicted octanol–water partition coefficient (Wildman–Crippen LogP) is 0.428. The van der Waals surface area contributed by atoms with Crippen molar-refractivity contribution < 1.29 is 19.7 Å². The molecule has 0 amide bonds. The molecule has 0 aromatic rings. The average molecular weight is 146 g/mol. The van der Waals surface area contributed by atoms with Gasteiger partial charge in [0.2, 0.25) is 0 Å². The number of esters is 1. The molecule has 10 heavy (non-hydrogen) atoms. The Morgan fingerprint density at radius 1 is 1.90 bits per heavy atom. The van der Waals surface area contributed by atoms with E-state index >= 15 is 0 Å². The number of hydrogen-bond donors (Lipinski definition) is 1. The minimum Gasteiger partial charge on any atom is -0.465 e. The Bertz CT molecular complexity index is 134. The summed E-state index contributed by atoms with van der Waals surface area (Å²) in [5.74, 6) is -0.563. The van der Waals surface area contributed by atoms with Crippen LogP contribution in [0.3, 0.4) is 0 Å². The van der Waals surface area contributed by atoms with Crippen molar-refractivity contribution in [2.75, 3.05) is 6.61 Å². The topological polar surface area (TPSA) is 55.8 Å². The quantitative estimate of drug-likeness (QED) is 0.348. The van der Waals surface area contributed by atoms with E-state index in [0.29, 0.717) is 13.0 Å². The van der Waals surface area contributed by atoms with Crippen LogP contribution in [0.15, 0.2) is 0 Å². The molecule has 1 heterocycles. The molecule has 1 rings (SSSR count). The Labute approximate surface area is 58.7 Å². The van der Waals surface area contributed by atoms with Crippen LogP contribution in [0, 0.1) is 5.92 Å². The second kappa shape index (κ2) is 2.98. The average Bonchev–Trinajstić information content (AvgIpc) is 2.34. The summed E-state index contributed by atoms with van der Waals surface area (Å²) in [6.07, 6.45) is 0.190. The molecule has 1 aliphatic heterocycles. The van der Waals surface area contributed by atoms with Crippen molar-refractivity contribution in [3.05, 3.63) is 0 Å². The van der Waals surface area contributed by atoms with Gasteiger partial charge in [0, 0.05) is 0 Å². The standard InChI is InChI=1S/C6H10O4/c1-4(10-8)5-2-3-9-6(5)7/h4-5,8H,2-3H2,1H3. The van der Waals surface area contributed by atoms with Gasteiger partial charge in [0.1, 0.15) is 6.10 Å². The van der Waals surface area contributed by atoms with Crippen LogP contribution in [-0.2, 0) is 14.4 Å². The van der Waals surface area contributed by atoms with Gasteiger partial charge in [0.05, 0.1) is 12.5 Å². The summed E-state index contributed by atoms with van der Waals surface area (Å²) in [5.41, 5.74) is 0. The number of hydrogen-bond acceptors (Lipinski definition) is 4. The lowest BCUT2D eigenvalue weighted by Gasteiger charge is -2.10. The summed E-state index contributed by atoms with van der Waals surface area (Å²) in [4.78, 5) is 14.8. The maximum atomic E-state index is 10.8. The zero-order valence-electron chi connectivity index (χ0n) is 5.74. The molecule has 1 N–H and O–H groups in total. The predicted molar refractivity (Wildman–Crippen MR) is 32.2 cm³/mol. The van der Waals surface area contributed by atoms with E-state index in [4.69, 9.17) is 5.26 Å². The third kappa shape index (κ3) is 1.27. The minimum atomic E-state index is -0.449. The number of ether oxygens (including phenoxy) is 1. The van der Waals surface area contributed by atoms with Gasteiger partial charge < -0.3 is 4.74 Å². The fourth-order valence-electron chi connectivity index (χ4n) is 1.01. The van der Waals surface area contributed by atoms with Gasteiger partial charge in [0.25, 0.3) is 0 Å². The largest absolute Gasteiger partial charge is 0.465 e. The highest BCUT2D eigenvalue weighted by Gasteiger charge is 2.32. The maximum Gasteiger partial charge on any atom is 0.311 e. The molecule has 0 aromatic carbocycles. The van der Waals surface area contributed by atoms with Crippen LogP contribution in [0.2, 0.25) is 0 Å². The summed E-state index contributed by atoms with van der Waals surface area (Å²) >= 11 is 0. The molecule has 4 nitrogen and oxygen atoms in total. The van der Waals surface area contributed by atoms with Crippen LogP contribution < -0.4 is 0 Å². The minimum absolute atomic E-state index is 0.276. The summed E-state index contributed by atoms with van der Waals surface area (Å²) in [6.45, 7) is 2.08. The second-order valence-electron chi connectivity index (χ2n) is 2.37. The molecule has 1 fully saturated rings. The van der Waals surface area contributed by atoms with E-state index in [1.54, 1.807) is 6.92 Å². The molecule has 1 aliphatic rings. The first-order valence-electron chi connectivity index (χ1n) is 3.22. The van der Waals surface area contributed by atoms with Crippen LogP contribution in [0.4, 0.5) is 0 Å². The van der Waals surface area contributed by atoms with Crippen molar-refractivity contribution in [1.29, 1.82) is 0 Å². The molecule has 1 saturated heterocycles. The highest BCUT2D eigenvalue weighted by Crippen LogP contribution is 2.19. The highest BCUT2D eigenvalue weighted by atomic mass is 17.1. The van der Waals surface area contributed by atoms with E-state index in [2.05, 4.69) is 9.62 Å². The van der Waals surface area contributed by atoms with Gasteiger partial charge >= 0.3 is 5.97 Å². The molecule has 2 unspecified atom stereocenters. The fraction of sp³-hybridized carbons (Fsp3) is 0.833. The SMILES string of the molecule is CC(OO)C1CCOC1=O. The van der Waals surface area contributed by atoms with Gasteiger partial charge in [-0.1, -0.05) is 0 Å². The van der Waals surface area contributed by atoms with Crippen molar-refractivity contribution in [3.63, 3.8) is 0 Å². The van der Waals surface area contributed by atoms with E-state index in [9.17, 15) is 4.79 Å². The lowest BCUT2D eigenvalue weighted by atomic mass is 10.0. The zero-order chi connectivity index (χ0) is 7.56. The first-order valence-corrected chi connectivity index (χ1v) is 3.22. The van der Waals surface area contributed by atoms with E-state index in [1.165, 1.54) is 0 Å². The summed E-state index contributed by atoms with van der Waals surface area (Å²) < 4.78 is 4.66. The van der Waals surface area contributed by atoms with E-state index in [-0.39, 0.29) is 11.9 Å². The van der Waals surface area contributed by atoms with Crippen LogP contribution in [-0.4, -0.2) is 23.9 Å². The molecule has 0 aromatic heterocycles. The third-order valence-corrected chi connectivity index (χ3v) is 1.71. The Morgan fingerprint density at radius 2 is 2.60 bits per heavy atom. The number of carbonyl (C=O) groups excluding carboxylic acids is 1. The molecule has 0 bridgehead atoms. The summed E-state index contributed by atoms with van der Waals surface area (Å²) in [5, 5.41) is 8.21. The van der Waals surface area contributed by atoms with Gasteiger partial charge in [-0.3, -0.25) is 10.1 Å². The number of carbonyl (C=O) groups is 1. The first-order chi connectivity index (χ1) is 4.75. The Morgan fingerprint density at radius 3 is 3.00 bits per heavy atom. The van der Waals surface area contributed by atoms with Crippen molar-refractivity contribution in [2.45, 2.75) is 19.4 Å². The number of rotatable bonds is 2. The van der Waals surface area contributed by atoms with Crippen molar-refractivity contribution >= 4 is 5.97 Å². The summed E-state index contributed by atoms with van der Waals surface area (Å²) in [6, 6.07) is 0. The molecular formula is C6H10O4. The number of cyclic esters (lactones) is 1. The lowest BCUT2D eigenvalue weighted by Crippen LogP contribution is -2.23. The van der Waals surface area contributed by atoms with Crippen molar-refractivity contribution in [1.82, 2.24) is 0 Å². The Hall–Kier alpha value is -0.610. The monoisotopic (exact) mass is 146 g/mol.